The first kappa shape index (κ1) is 17.5. The monoisotopic (exact) mass is 271 g/mol. The summed E-state index contributed by atoms with van der Waals surface area (Å²) < 4.78 is 9.86. The van der Waals surface area contributed by atoms with Crippen LogP contribution in [0.15, 0.2) is 11.8 Å². The molecule has 0 aromatic carbocycles. The zero-order valence-electron chi connectivity index (χ0n) is 12.4. The lowest BCUT2D eigenvalue weighted by Gasteiger charge is -2.25. The van der Waals surface area contributed by atoms with Crippen molar-refractivity contribution in [3.05, 3.63) is 11.8 Å². The summed E-state index contributed by atoms with van der Waals surface area (Å²) in [5.74, 6) is -0.986. The van der Waals surface area contributed by atoms with Crippen molar-refractivity contribution in [3.63, 3.8) is 0 Å². The van der Waals surface area contributed by atoms with Crippen LogP contribution in [0.25, 0.3) is 0 Å². The molecule has 0 aliphatic heterocycles. The second kappa shape index (κ2) is 10.4. The molecule has 19 heavy (non-hydrogen) atoms. The van der Waals surface area contributed by atoms with Gasteiger partial charge in [-0.3, -0.25) is 0 Å². The maximum Gasteiger partial charge on any atom is 0.354 e. The average Bonchev–Trinajstić information content (AvgIpc) is 2.36. The lowest BCUT2D eigenvalue weighted by molar-refractivity contribution is -0.142. The van der Waals surface area contributed by atoms with Crippen molar-refractivity contribution in [2.45, 2.75) is 40.5 Å². The molecular weight excluding hydrogens is 246 g/mol. The molecule has 0 saturated heterocycles. The van der Waals surface area contributed by atoms with E-state index in [4.69, 9.17) is 9.47 Å². The van der Waals surface area contributed by atoms with Gasteiger partial charge in [-0.2, -0.15) is 0 Å². The predicted octanol–water partition coefficient (Wildman–Crippen LogP) is 2.12. The molecule has 0 rings (SSSR count). The van der Waals surface area contributed by atoms with E-state index in [-0.39, 0.29) is 18.9 Å². The Morgan fingerprint density at radius 1 is 0.947 bits per heavy atom. The minimum atomic E-state index is -0.511. The molecule has 0 aliphatic carbocycles. The Balaban J connectivity index is 5.09. The molecule has 0 saturated carbocycles. The van der Waals surface area contributed by atoms with Crippen LogP contribution < -0.4 is 0 Å². The second-order valence-corrected chi connectivity index (χ2v) is 3.99. The van der Waals surface area contributed by atoms with Gasteiger partial charge >= 0.3 is 11.9 Å². The number of carbonyl (C=O) groups excluding carboxylic acids is 2. The van der Waals surface area contributed by atoms with Gasteiger partial charge in [-0.25, -0.2) is 9.59 Å². The van der Waals surface area contributed by atoms with E-state index in [1.807, 2.05) is 18.7 Å². The summed E-state index contributed by atoms with van der Waals surface area (Å²) in [6.45, 7) is 9.50. The second-order valence-electron chi connectivity index (χ2n) is 3.99. The molecule has 110 valence electrons. The molecule has 0 atom stereocenters. The normalized spacial score (nSPS) is 11.1. The number of hydrogen-bond acceptors (Lipinski definition) is 5. The molecule has 0 spiro atoms. The van der Waals surface area contributed by atoms with Crippen LogP contribution in [0.3, 0.4) is 0 Å². The van der Waals surface area contributed by atoms with Crippen LogP contribution >= 0.6 is 0 Å². The lowest BCUT2D eigenvalue weighted by atomic mass is 10.2. The number of hydrogen-bond donors (Lipinski definition) is 0. The third kappa shape index (κ3) is 6.84. The van der Waals surface area contributed by atoms with E-state index in [1.165, 1.54) is 6.08 Å². The van der Waals surface area contributed by atoms with Crippen molar-refractivity contribution >= 4 is 11.9 Å². The topological polar surface area (TPSA) is 55.8 Å². The van der Waals surface area contributed by atoms with Crippen molar-refractivity contribution in [1.82, 2.24) is 4.90 Å². The Labute approximate surface area is 115 Å². The molecule has 0 radical (unpaired) electrons. The van der Waals surface area contributed by atoms with Crippen LogP contribution in [0.5, 0.6) is 0 Å². The Morgan fingerprint density at radius 2 is 1.47 bits per heavy atom. The van der Waals surface area contributed by atoms with E-state index in [1.54, 1.807) is 13.8 Å². The van der Waals surface area contributed by atoms with E-state index < -0.39 is 11.9 Å². The summed E-state index contributed by atoms with van der Waals surface area (Å²) in [5.41, 5.74) is 0.281. The van der Waals surface area contributed by atoms with E-state index in [2.05, 4.69) is 0 Å². The van der Waals surface area contributed by atoms with E-state index in [0.717, 1.165) is 12.8 Å². The molecule has 0 fully saturated rings. The number of esters is 2. The fraction of sp³-hybridized carbons (Fsp3) is 0.714. The van der Waals surface area contributed by atoms with Crippen LogP contribution in [0.2, 0.25) is 0 Å². The fourth-order valence-corrected chi connectivity index (χ4v) is 1.67. The van der Waals surface area contributed by atoms with Gasteiger partial charge in [0.05, 0.1) is 19.3 Å². The smallest absolute Gasteiger partial charge is 0.354 e. The van der Waals surface area contributed by atoms with Crippen molar-refractivity contribution in [2.24, 2.45) is 0 Å². The quantitative estimate of drug-likeness (QED) is 0.475. The maximum atomic E-state index is 11.9. The van der Waals surface area contributed by atoms with Crippen molar-refractivity contribution < 1.29 is 19.1 Å². The third-order valence-corrected chi connectivity index (χ3v) is 2.35. The number of nitrogens with zero attached hydrogens (tertiary/aromatic N) is 1. The van der Waals surface area contributed by atoms with Gasteiger partial charge in [0.25, 0.3) is 0 Å². The van der Waals surface area contributed by atoms with Crippen molar-refractivity contribution in [2.75, 3.05) is 26.3 Å². The summed E-state index contributed by atoms with van der Waals surface area (Å²) in [6.07, 6.45) is 3.01. The third-order valence-electron chi connectivity index (χ3n) is 2.35. The van der Waals surface area contributed by atoms with Gasteiger partial charge in [0.2, 0.25) is 0 Å². The molecule has 0 aliphatic rings. The fourth-order valence-electron chi connectivity index (χ4n) is 1.67. The van der Waals surface area contributed by atoms with Crippen molar-refractivity contribution in [3.8, 4) is 0 Å². The standard InChI is InChI=1S/C14H25NO4/c1-5-9-15(10-6-2)12(14(17)19-8-4)11-13(16)18-7-3/h11H,5-10H2,1-4H3/b12-11+. The highest BCUT2D eigenvalue weighted by atomic mass is 16.5. The van der Waals surface area contributed by atoms with Crippen molar-refractivity contribution in [1.29, 1.82) is 0 Å². The number of ether oxygens (including phenoxy) is 2. The van der Waals surface area contributed by atoms with Crippen LogP contribution in [-0.4, -0.2) is 43.1 Å². The zero-order valence-corrected chi connectivity index (χ0v) is 12.4. The van der Waals surface area contributed by atoms with E-state index >= 15 is 0 Å². The molecule has 0 bridgehead atoms. The minimum absolute atomic E-state index is 0.281. The predicted molar refractivity (Wildman–Crippen MR) is 73.5 cm³/mol. The SMILES string of the molecule is CCCN(CCC)/C(=C/C(=O)OCC)C(=O)OCC. The van der Waals surface area contributed by atoms with Gasteiger partial charge < -0.3 is 14.4 Å². The Morgan fingerprint density at radius 3 is 1.89 bits per heavy atom. The van der Waals surface area contributed by atoms with Gasteiger partial charge in [-0.1, -0.05) is 13.8 Å². The van der Waals surface area contributed by atoms with Crippen LogP contribution in [0.1, 0.15) is 40.5 Å². The molecule has 0 N–H and O–H groups in total. The van der Waals surface area contributed by atoms with Gasteiger partial charge in [-0.05, 0) is 26.7 Å². The Hall–Kier alpha value is -1.52. The molecule has 0 heterocycles. The zero-order chi connectivity index (χ0) is 14.7. The average molecular weight is 271 g/mol. The number of rotatable bonds is 9. The highest BCUT2D eigenvalue weighted by Gasteiger charge is 2.19. The summed E-state index contributed by atoms with van der Waals surface area (Å²) in [5, 5.41) is 0. The first-order chi connectivity index (χ1) is 9.10. The Bertz CT molecular complexity index is 307. The first-order valence-electron chi connectivity index (χ1n) is 6.91. The molecule has 0 amide bonds. The summed E-state index contributed by atoms with van der Waals surface area (Å²) >= 11 is 0. The van der Waals surface area contributed by atoms with Gasteiger partial charge in [0.15, 0.2) is 0 Å². The first-order valence-corrected chi connectivity index (χ1v) is 6.91. The summed E-state index contributed by atoms with van der Waals surface area (Å²) in [6, 6.07) is 0. The minimum Gasteiger partial charge on any atom is -0.463 e. The highest BCUT2D eigenvalue weighted by molar-refractivity contribution is 5.95. The molecule has 5 heteroatoms. The van der Waals surface area contributed by atoms with E-state index in [0.29, 0.717) is 13.1 Å². The van der Waals surface area contributed by atoms with Gasteiger partial charge in [0, 0.05) is 13.1 Å². The molecule has 0 aromatic heterocycles. The number of carbonyl (C=O) groups is 2. The molecule has 0 aromatic rings. The molecule has 0 unspecified atom stereocenters. The molecule has 5 nitrogen and oxygen atoms in total. The maximum absolute atomic E-state index is 11.9. The lowest BCUT2D eigenvalue weighted by Crippen LogP contribution is -2.31. The largest absolute Gasteiger partial charge is 0.463 e. The molecular formula is C14H25NO4. The van der Waals surface area contributed by atoms with Gasteiger partial charge in [-0.15, -0.1) is 0 Å². The van der Waals surface area contributed by atoms with Crippen LogP contribution in [0.4, 0.5) is 0 Å². The van der Waals surface area contributed by atoms with Crippen LogP contribution in [-0.2, 0) is 19.1 Å². The summed E-state index contributed by atoms with van der Waals surface area (Å²) in [7, 11) is 0. The highest BCUT2D eigenvalue weighted by Crippen LogP contribution is 2.10. The van der Waals surface area contributed by atoms with E-state index in [9.17, 15) is 9.59 Å². The van der Waals surface area contributed by atoms with Crippen LogP contribution in [0, 0.1) is 0 Å². The van der Waals surface area contributed by atoms with Gasteiger partial charge in [0.1, 0.15) is 5.70 Å². The Kier molecular flexibility index (Phi) is 9.57. The summed E-state index contributed by atoms with van der Waals surface area (Å²) in [4.78, 5) is 25.3.